The molecule has 0 radical (unpaired) electrons. The summed E-state index contributed by atoms with van der Waals surface area (Å²) >= 11 is 0. The highest BCUT2D eigenvalue weighted by molar-refractivity contribution is 5.63. The Morgan fingerprint density at radius 1 is 1.15 bits per heavy atom. The molecular formula is C14H10F3N3. The standard InChI is InChI=1S/C14H10F3N3/c1-9-3-2-4-10(7-9)11-8-18-13-19-12(14(15,16)17)5-6-20(11)13/h2-8H,1H3. The topological polar surface area (TPSA) is 30.2 Å². The summed E-state index contributed by atoms with van der Waals surface area (Å²) in [5.74, 6) is 0.0383. The number of aryl methyl sites for hydroxylation is 1. The highest BCUT2D eigenvalue weighted by atomic mass is 19.4. The van der Waals surface area contributed by atoms with Crippen LogP contribution in [0.15, 0.2) is 42.7 Å². The molecule has 3 aromatic rings. The lowest BCUT2D eigenvalue weighted by Crippen LogP contribution is -2.09. The molecule has 0 unspecified atom stereocenters. The van der Waals surface area contributed by atoms with E-state index in [0.717, 1.165) is 17.2 Å². The molecule has 0 saturated heterocycles. The third kappa shape index (κ3) is 2.13. The monoisotopic (exact) mass is 277 g/mol. The second kappa shape index (κ2) is 4.33. The smallest absolute Gasteiger partial charge is 0.284 e. The second-order valence-electron chi connectivity index (χ2n) is 4.49. The van der Waals surface area contributed by atoms with E-state index >= 15 is 0 Å². The Hall–Kier alpha value is -2.37. The van der Waals surface area contributed by atoms with Gasteiger partial charge >= 0.3 is 6.18 Å². The van der Waals surface area contributed by atoms with E-state index in [1.165, 1.54) is 12.4 Å². The molecule has 0 aliphatic carbocycles. The van der Waals surface area contributed by atoms with E-state index in [0.29, 0.717) is 5.69 Å². The normalized spacial score (nSPS) is 12.0. The first-order valence-corrected chi connectivity index (χ1v) is 5.93. The fourth-order valence-electron chi connectivity index (χ4n) is 2.05. The lowest BCUT2D eigenvalue weighted by Gasteiger charge is -2.06. The summed E-state index contributed by atoms with van der Waals surface area (Å²) in [5, 5.41) is 0. The van der Waals surface area contributed by atoms with Gasteiger partial charge in [-0.3, -0.25) is 4.40 Å². The number of hydrogen-bond donors (Lipinski definition) is 0. The first-order chi connectivity index (χ1) is 9.45. The summed E-state index contributed by atoms with van der Waals surface area (Å²) in [5.41, 5.74) is 1.73. The number of benzene rings is 1. The van der Waals surface area contributed by atoms with Crippen molar-refractivity contribution < 1.29 is 13.2 Å². The van der Waals surface area contributed by atoms with Gasteiger partial charge in [0.05, 0.1) is 11.9 Å². The van der Waals surface area contributed by atoms with Crippen molar-refractivity contribution in [2.75, 3.05) is 0 Å². The molecule has 0 saturated carbocycles. The average molecular weight is 277 g/mol. The van der Waals surface area contributed by atoms with E-state index in [9.17, 15) is 13.2 Å². The number of alkyl halides is 3. The Morgan fingerprint density at radius 3 is 2.65 bits per heavy atom. The van der Waals surface area contributed by atoms with Crippen molar-refractivity contribution in [3.05, 3.63) is 54.0 Å². The molecule has 0 N–H and O–H groups in total. The van der Waals surface area contributed by atoms with Crippen LogP contribution in [-0.2, 0) is 6.18 Å². The van der Waals surface area contributed by atoms with Gasteiger partial charge < -0.3 is 0 Å². The molecule has 0 atom stereocenters. The van der Waals surface area contributed by atoms with Crippen molar-refractivity contribution in [3.8, 4) is 11.3 Å². The predicted octanol–water partition coefficient (Wildman–Crippen LogP) is 3.72. The van der Waals surface area contributed by atoms with Gasteiger partial charge in [-0.25, -0.2) is 9.97 Å². The Labute approximate surface area is 112 Å². The number of aromatic nitrogens is 3. The fraction of sp³-hybridized carbons (Fsp3) is 0.143. The van der Waals surface area contributed by atoms with Gasteiger partial charge in [0, 0.05) is 11.8 Å². The minimum Gasteiger partial charge on any atom is -0.284 e. The average Bonchev–Trinajstić information content (AvgIpc) is 2.80. The zero-order valence-corrected chi connectivity index (χ0v) is 10.5. The Balaban J connectivity index is 2.15. The van der Waals surface area contributed by atoms with E-state index in [1.54, 1.807) is 4.40 Å². The van der Waals surface area contributed by atoms with Crippen LogP contribution in [0.25, 0.3) is 17.0 Å². The van der Waals surface area contributed by atoms with Crippen LogP contribution in [0.3, 0.4) is 0 Å². The molecule has 2 aromatic heterocycles. The van der Waals surface area contributed by atoms with Gasteiger partial charge in [-0.2, -0.15) is 13.2 Å². The van der Waals surface area contributed by atoms with Crippen LogP contribution >= 0.6 is 0 Å². The van der Waals surface area contributed by atoms with Crippen molar-refractivity contribution in [1.82, 2.24) is 14.4 Å². The molecule has 0 aliphatic heterocycles. The van der Waals surface area contributed by atoms with Gasteiger partial charge in [0.15, 0.2) is 0 Å². The van der Waals surface area contributed by atoms with Crippen LogP contribution in [-0.4, -0.2) is 14.4 Å². The highest BCUT2D eigenvalue weighted by Gasteiger charge is 2.32. The summed E-state index contributed by atoms with van der Waals surface area (Å²) in [4.78, 5) is 7.49. The molecule has 0 bridgehead atoms. The number of fused-ring (bicyclic) bond motifs is 1. The Bertz CT molecular complexity index is 775. The highest BCUT2D eigenvalue weighted by Crippen LogP contribution is 2.28. The van der Waals surface area contributed by atoms with Gasteiger partial charge in [-0.15, -0.1) is 0 Å². The molecule has 3 nitrogen and oxygen atoms in total. The minimum absolute atomic E-state index is 0.0383. The maximum atomic E-state index is 12.6. The molecule has 6 heteroatoms. The van der Waals surface area contributed by atoms with Crippen molar-refractivity contribution >= 4 is 5.78 Å². The molecule has 0 aliphatic rings. The van der Waals surface area contributed by atoms with Gasteiger partial charge in [0.1, 0.15) is 5.69 Å². The quantitative estimate of drug-likeness (QED) is 0.678. The van der Waals surface area contributed by atoms with Crippen LogP contribution in [0.2, 0.25) is 0 Å². The van der Waals surface area contributed by atoms with E-state index in [1.807, 2.05) is 31.2 Å². The van der Waals surface area contributed by atoms with Crippen LogP contribution in [0.5, 0.6) is 0 Å². The number of imidazole rings is 1. The minimum atomic E-state index is -4.46. The zero-order valence-electron chi connectivity index (χ0n) is 10.5. The van der Waals surface area contributed by atoms with Gasteiger partial charge in [0.2, 0.25) is 5.78 Å². The molecule has 1 aromatic carbocycles. The van der Waals surface area contributed by atoms with Crippen LogP contribution < -0.4 is 0 Å². The van der Waals surface area contributed by atoms with Crippen molar-refractivity contribution in [1.29, 1.82) is 0 Å². The van der Waals surface area contributed by atoms with E-state index in [-0.39, 0.29) is 5.78 Å². The molecule has 0 amide bonds. The first kappa shape index (κ1) is 12.7. The fourth-order valence-corrected chi connectivity index (χ4v) is 2.05. The SMILES string of the molecule is Cc1cccc(-c2cnc3nc(C(F)(F)F)ccn23)c1. The maximum absolute atomic E-state index is 12.6. The third-order valence-electron chi connectivity index (χ3n) is 2.98. The van der Waals surface area contributed by atoms with E-state index in [4.69, 9.17) is 0 Å². The first-order valence-electron chi connectivity index (χ1n) is 5.93. The van der Waals surface area contributed by atoms with Gasteiger partial charge in [-0.1, -0.05) is 23.8 Å². The number of hydrogen-bond acceptors (Lipinski definition) is 2. The summed E-state index contributed by atoms with van der Waals surface area (Å²) in [6, 6.07) is 8.62. The van der Waals surface area contributed by atoms with Crippen molar-refractivity contribution in [2.45, 2.75) is 13.1 Å². The predicted molar refractivity (Wildman–Crippen MR) is 68.2 cm³/mol. The summed E-state index contributed by atoms with van der Waals surface area (Å²) in [6.07, 6.45) is -1.59. The summed E-state index contributed by atoms with van der Waals surface area (Å²) in [6.45, 7) is 1.95. The third-order valence-corrected chi connectivity index (χ3v) is 2.98. The number of halogens is 3. The lowest BCUT2D eigenvalue weighted by atomic mass is 10.1. The molecule has 0 spiro atoms. The van der Waals surface area contributed by atoms with Crippen molar-refractivity contribution in [2.24, 2.45) is 0 Å². The molecule has 3 rings (SSSR count). The summed E-state index contributed by atoms with van der Waals surface area (Å²) < 4.78 is 39.3. The molecule has 20 heavy (non-hydrogen) atoms. The summed E-state index contributed by atoms with van der Waals surface area (Å²) in [7, 11) is 0. The molecule has 102 valence electrons. The van der Waals surface area contributed by atoms with Gasteiger partial charge in [-0.05, 0) is 19.1 Å². The zero-order chi connectivity index (χ0) is 14.3. The second-order valence-corrected chi connectivity index (χ2v) is 4.49. The maximum Gasteiger partial charge on any atom is 0.433 e. The number of nitrogens with zero attached hydrogens (tertiary/aromatic N) is 3. The Morgan fingerprint density at radius 2 is 1.95 bits per heavy atom. The number of rotatable bonds is 1. The largest absolute Gasteiger partial charge is 0.433 e. The van der Waals surface area contributed by atoms with Crippen molar-refractivity contribution in [3.63, 3.8) is 0 Å². The molecule has 2 heterocycles. The van der Waals surface area contributed by atoms with E-state index in [2.05, 4.69) is 9.97 Å². The van der Waals surface area contributed by atoms with E-state index < -0.39 is 11.9 Å². The van der Waals surface area contributed by atoms with Crippen LogP contribution in [0.4, 0.5) is 13.2 Å². The molecule has 0 fully saturated rings. The van der Waals surface area contributed by atoms with Gasteiger partial charge in [0.25, 0.3) is 0 Å². The Kier molecular flexibility index (Phi) is 2.74. The lowest BCUT2D eigenvalue weighted by molar-refractivity contribution is -0.141. The van der Waals surface area contributed by atoms with Crippen LogP contribution in [0.1, 0.15) is 11.3 Å². The van der Waals surface area contributed by atoms with Crippen LogP contribution in [0, 0.1) is 6.92 Å². The molecular weight excluding hydrogens is 267 g/mol.